The molecule has 0 atom stereocenters. The van der Waals surface area contributed by atoms with Gasteiger partial charge in [-0.3, -0.25) is 0 Å². The Morgan fingerprint density at radius 2 is 1.93 bits per heavy atom. The smallest absolute Gasteiger partial charge is 0.268 e. The number of benzene rings is 2. The van der Waals surface area contributed by atoms with Crippen LogP contribution in [-0.2, 0) is 10.0 Å². The summed E-state index contributed by atoms with van der Waals surface area (Å²) in [4.78, 5) is 2.23. The van der Waals surface area contributed by atoms with Crippen molar-refractivity contribution in [2.75, 3.05) is 39.6 Å². The number of nitrogens with zero attached hydrogens (tertiary/aromatic N) is 2. The molecular formula is C20H24ClN3O3S. The van der Waals surface area contributed by atoms with Gasteiger partial charge in [-0.15, -0.1) is 0 Å². The SMILES string of the molecule is COc1ccc(S(=O)(=O)n2cc(C)c3cc(Cl)ccc32)cc1NCCN(C)C. The molecule has 1 heterocycles. The van der Waals surface area contributed by atoms with Crippen LogP contribution in [0.5, 0.6) is 5.75 Å². The molecule has 0 saturated carbocycles. The lowest BCUT2D eigenvalue weighted by molar-refractivity contribution is 0.412. The zero-order valence-corrected chi connectivity index (χ0v) is 17.9. The number of fused-ring (bicyclic) bond motifs is 1. The summed E-state index contributed by atoms with van der Waals surface area (Å²) >= 11 is 6.07. The molecule has 0 aliphatic carbocycles. The third-order valence-electron chi connectivity index (χ3n) is 4.53. The Bertz CT molecular complexity index is 1110. The van der Waals surface area contributed by atoms with E-state index in [0.29, 0.717) is 28.5 Å². The highest BCUT2D eigenvalue weighted by atomic mass is 35.5. The van der Waals surface area contributed by atoms with Gasteiger partial charge in [0.15, 0.2) is 0 Å². The quantitative estimate of drug-likeness (QED) is 0.628. The van der Waals surface area contributed by atoms with E-state index in [4.69, 9.17) is 16.3 Å². The van der Waals surface area contributed by atoms with Gasteiger partial charge in [-0.05, 0) is 63.0 Å². The minimum atomic E-state index is -3.78. The maximum absolute atomic E-state index is 13.3. The second-order valence-corrected chi connectivity index (χ2v) is 9.12. The predicted octanol–water partition coefficient (Wildman–Crippen LogP) is 3.82. The van der Waals surface area contributed by atoms with Gasteiger partial charge in [0.2, 0.25) is 0 Å². The van der Waals surface area contributed by atoms with Crippen molar-refractivity contribution in [1.29, 1.82) is 0 Å². The van der Waals surface area contributed by atoms with Gasteiger partial charge >= 0.3 is 0 Å². The average Bonchev–Trinajstić information content (AvgIpc) is 2.98. The van der Waals surface area contributed by atoms with Crippen molar-refractivity contribution in [1.82, 2.24) is 8.87 Å². The Morgan fingerprint density at radius 1 is 1.18 bits per heavy atom. The van der Waals surface area contributed by atoms with Crippen molar-refractivity contribution >= 4 is 38.2 Å². The summed E-state index contributed by atoms with van der Waals surface area (Å²) in [7, 11) is 1.74. The van der Waals surface area contributed by atoms with Crippen LogP contribution in [-0.4, -0.2) is 51.6 Å². The van der Waals surface area contributed by atoms with Gasteiger partial charge in [0, 0.05) is 29.7 Å². The molecular weight excluding hydrogens is 398 g/mol. The number of anilines is 1. The zero-order valence-electron chi connectivity index (χ0n) is 16.4. The molecule has 0 aliphatic rings. The van der Waals surface area contributed by atoms with E-state index in [1.807, 2.05) is 25.9 Å². The average molecular weight is 422 g/mol. The van der Waals surface area contributed by atoms with Crippen LogP contribution in [0, 0.1) is 6.92 Å². The highest BCUT2D eigenvalue weighted by molar-refractivity contribution is 7.90. The fourth-order valence-electron chi connectivity index (χ4n) is 3.04. The van der Waals surface area contributed by atoms with E-state index in [1.165, 1.54) is 3.97 Å². The molecule has 1 aromatic heterocycles. The van der Waals surface area contributed by atoms with Crippen LogP contribution in [0.15, 0.2) is 47.5 Å². The number of rotatable bonds is 7. The van der Waals surface area contributed by atoms with E-state index >= 15 is 0 Å². The molecule has 2 aromatic carbocycles. The molecule has 0 fully saturated rings. The molecule has 0 bridgehead atoms. The Balaban J connectivity index is 2.05. The number of ether oxygens (including phenoxy) is 1. The Kier molecular flexibility index (Phi) is 5.88. The first-order valence-electron chi connectivity index (χ1n) is 8.83. The van der Waals surface area contributed by atoms with Crippen LogP contribution in [0.1, 0.15) is 5.56 Å². The first-order valence-corrected chi connectivity index (χ1v) is 10.7. The monoisotopic (exact) mass is 421 g/mol. The molecule has 0 spiro atoms. The summed E-state index contributed by atoms with van der Waals surface area (Å²) in [5, 5.41) is 4.64. The van der Waals surface area contributed by atoms with Gasteiger partial charge in [0.05, 0.1) is 23.2 Å². The molecule has 0 saturated heterocycles. The third kappa shape index (κ3) is 3.97. The number of aromatic nitrogens is 1. The van der Waals surface area contributed by atoms with Gasteiger partial charge < -0.3 is 15.0 Å². The lowest BCUT2D eigenvalue weighted by Crippen LogP contribution is -2.21. The Labute approximate surface area is 170 Å². The first kappa shape index (κ1) is 20.5. The van der Waals surface area contributed by atoms with Gasteiger partial charge in [0.1, 0.15) is 5.75 Å². The van der Waals surface area contributed by atoms with Crippen molar-refractivity contribution in [2.24, 2.45) is 0 Å². The van der Waals surface area contributed by atoms with Crippen molar-refractivity contribution in [3.63, 3.8) is 0 Å². The van der Waals surface area contributed by atoms with Gasteiger partial charge in [-0.1, -0.05) is 11.6 Å². The molecule has 3 aromatic rings. The van der Waals surface area contributed by atoms with Crippen molar-refractivity contribution in [3.05, 3.63) is 53.2 Å². The highest BCUT2D eigenvalue weighted by Gasteiger charge is 2.22. The lowest BCUT2D eigenvalue weighted by Gasteiger charge is -2.15. The summed E-state index contributed by atoms with van der Waals surface area (Å²) in [6.45, 7) is 3.34. The normalized spacial score (nSPS) is 11.9. The second-order valence-electron chi connectivity index (χ2n) is 6.87. The van der Waals surface area contributed by atoms with Crippen molar-refractivity contribution < 1.29 is 13.2 Å². The zero-order chi connectivity index (χ0) is 20.5. The Morgan fingerprint density at radius 3 is 2.61 bits per heavy atom. The van der Waals surface area contributed by atoms with E-state index < -0.39 is 10.0 Å². The summed E-state index contributed by atoms with van der Waals surface area (Å²) in [6, 6.07) is 10.0. The van der Waals surface area contributed by atoms with Crippen LogP contribution in [0.2, 0.25) is 5.02 Å². The van der Waals surface area contributed by atoms with E-state index in [9.17, 15) is 8.42 Å². The number of hydrogen-bond donors (Lipinski definition) is 1. The number of hydrogen-bond acceptors (Lipinski definition) is 5. The van der Waals surface area contributed by atoms with Crippen molar-refractivity contribution in [2.45, 2.75) is 11.8 Å². The molecule has 0 radical (unpaired) electrons. The first-order chi connectivity index (χ1) is 13.2. The van der Waals surface area contributed by atoms with E-state index in [0.717, 1.165) is 17.5 Å². The molecule has 150 valence electrons. The minimum absolute atomic E-state index is 0.188. The van der Waals surface area contributed by atoms with Gasteiger partial charge in [-0.2, -0.15) is 0 Å². The largest absolute Gasteiger partial charge is 0.495 e. The number of likely N-dealkylation sites (N-methyl/N-ethyl adjacent to an activating group) is 1. The fraction of sp³-hybridized carbons (Fsp3) is 0.300. The molecule has 0 amide bonds. The molecule has 28 heavy (non-hydrogen) atoms. The van der Waals surface area contributed by atoms with Crippen molar-refractivity contribution in [3.8, 4) is 5.75 Å². The molecule has 8 heteroatoms. The molecule has 0 unspecified atom stereocenters. The highest BCUT2D eigenvalue weighted by Crippen LogP contribution is 2.31. The fourth-order valence-corrected chi connectivity index (χ4v) is 4.66. The maximum Gasteiger partial charge on any atom is 0.268 e. The summed E-state index contributed by atoms with van der Waals surface area (Å²) in [5.41, 5.74) is 2.08. The predicted molar refractivity (Wildman–Crippen MR) is 114 cm³/mol. The lowest BCUT2D eigenvalue weighted by atomic mass is 10.2. The summed E-state index contributed by atoms with van der Waals surface area (Å²) < 4.78 is 33.3. The summed E-state index contributed by atoms with van der Waals surface area (Å²) in [5.74, 6) is 0.595. The van der Waals surface area contributed by atoms with Crippen LogP contribution in [0.3, 0.4) is 0 Å². The minimum Gasteiger partial charge on any atom is -0.495 e. The van der Waals surface area contributed by atoms with Crippen LogP contribution >= 0.6 is 11.6 Å². The molecule has 0 aliphatic heterocycles. The number of halogens is 1. The molecule has 3 rings (SSSR count). The topological polar surface area (TPSA) is 63.6 Å². The van der Waals surface area contributed by atoms with Crippen LogP contribution in [0.4, 0.5) is 5.69 Å². The van der Waals surface area contributed by atoms with Gasteiger partial charge in [-0.25, -0.2) is 12.4 Å². The number of aryl methyl sites for hydroxylation is 1. The second kappa shape index (κ2) is 8.03. The van der Waals surface area contributed by atoms with Gasteiger partial charge in [0.25, 0.3) is 10.0 Å². The number of nitrogens with one attached hydrogen (secondary N) is 1. The number of methoxy groups -OCH3 is 1. The van der Waals surface area contributed by atoms with E-state index in [2.05, 4.69) is 5.32 Å². The standard InChI is InChI=1S/C20H24ClN3O3S/c1-14-13-24(19-7-5-15(21)11-17(14)19)28(25,26)16-6-8-20(27-4)18(12-16)22-9-10-23(2)3/h5-8,11-13,22H,9-10H2,1-4H3. The van der Waals surface area contributed by atoms with E-state index in [-0.39, 0.29) is 4.90 Å². The third-order valence-corrected chi connectivity index (χ3v) is 6.44. The summed E-state index contributed by atoms with van der Waals surface area (Å²) in [6.07, 6.45) is 1.62. The van der Waals surface area contributed by atoms with E-state index in [1.54, 1.807) is 49.7 Å². The molecule has 6 nitrogen and oxygen atoms in total. The molecule has 1 N–H and O–H groups in total. The van der Waals surface area contributed by atoms with Crippen LogP contribution < -0.4 is 10.1 Å². The van der Waals surface area contributed by atoms with Crippen LogP contribution in [0.25, 0.3) is 10.9 Å². The maximum atomic E-state index is 13.3. The Hall–Kier alpha value is -2.22.